The maximum Gasteiger partial charge on any atom is 0.307 e. The highest BCUT2D eigenvalue weighted by Gasteiger charge is 2.23. The van der Waals surface area contributed by atoms with Gasteiger partial charge in [0.25, 0.3) is 5.91 Å². The average molecular weight is 364 g/mol. The molecule has 0 bridgehead atoms. The lowest BCUT2D eigenvalue weighted by Crippen LogP contribution is -2.31. The average Bonchev–Trinajstić information content (AvgIpc) is 3.10. The van der Waals surface area contributed by atoms with E-state index in [1.54, 1.807) is 11.6 Å². The number of rotatable bonds is 6. The number of hydrogen-bond acceptors (Lipinski definition) is 5. The fourth-order valence-electron chi connectivity index (χ4n) is 2.77. The van der Waals surface area contributed by atoms with E-state index in [2.05, 4.69) is 15.6 Å². The quantitative estimate of drug-likeness (QED) is 0.680. The molecular formula is C20H20N4O3. The number of ether oxygens (including phenoxy) is 1. The molecule has 138 valence electrons. The van der Waals surface area contributed by atoms with Crippen molar-refractivity contribution in [2.45, 2.75) is 19.4 Å². The minimum atomic E-state index is -0.521. The minimum absolute atomic E-state index is 0.0259. The Kier molecular flexibility index (Phi) is 5.61. The van der Waals surface area contributed by atoms with E-state index in [9.17, 15) is 9.59 Å². The topological polar surface area (TPSA) is 86.1 Å². The molecule has 1 amide bonds. The third-order valence-electron chi connectivity index (χ3n) is 4.22. The van der Waals surface area contributed by atoms with Crippen molar-refractivity contribution >= 4 is 11.9 Å². The molecule has 0 radical (unpaired) electrons. The normalized spacial score (nSPS) is 11.6. The first-order valence-electron chi connectivity index (χ1n) is 8.50. The van der Waals surface area contributed by atoms with Crippen LogP contribution in [0.25, 0.3) is 5.69 Å². The van der Waals surface area contributed by atoms with Gasteiger partial charge in [0.2, 0.25) is 0 Å². The van der Waals surface area contributed by atoms with Gasteiger partial charge in [-0.15, -0.1) is 5.10 Å². The maximum absolute atomic E-state index is 12.8. The van der Waals surface area contributed by atoms with E-state index in [0.717, 1.165) is 11.3 Å². The SMILES string of the molecule is COC(=O)CC(NC(=O)c1nnn(-c2ccccc2)c1C)c1ccccc1. The molecular weight excluding hydrogens is 344 g/mol. The molecule has 0 fully saturated rings. The number of aromatic nitrogens is 3. The summed E-state index contributed by atoms with van der Waals surface area (Å²) in [6.45, 7) is 1.78. The second-order valence-corrected chi connectivity index (χ2v) is 5.99. The van der Waals surface area contributed by atoms with Gasteiger partial charge < -0.3 is 10.1 Å². The zero-order valence-corrected chi connectivity index (χ0v) is 15.1. The number of carbonyl (C=O) groups is 2. The zero-order chi connectivity index (χ0) is 19.2. The summed E-state index contributed by atoms with van der Waals surface area (Å²) in [4.78, 5) is 24.5. The second-order valence-electron chi connectivity index (χ2n) is 5.99. The number of carbonyl (C=O) groups excluding carboxylic acids is 2. The fraction of sp³-hybridized carbons (Fsp3) is 0.200. The van der Waals surface area contributed by atoms with E-state index in [-0.39, 0.29) is 12.1 Å². The Morgan fingerprint density at radius 2 is 1.70 bits per heavy atom. The molecule has 3 rings (SSSR count). The second kappa shape index (κ2) is 8.27. The van der Waals surface area contributed by atoms with Gasteiger partial charge in [-0.2, -0.15) is 0 Å². The Balaban J connectivity index is 1.84. The van der Waals surface area contributed by atoms with Gasteiger partial charge in [-0.1, -0.05) is 53.7 Å². The number of nitrogens with zero attached hydrogens (tertiary/aromatic N) is 3. The molecule has 0 spiro atoms. The van der Waals surface area contributed by atoms with Crippen molar-refractivity contribution in [3.63, 3.8) is 0 Å². The third-order valence-corrected chi connectivity index (χ3v) is 4.22. The van der Waals surface area contributed by atoms with Crippen molar-refractivity contribution in [1.29, 1.82) is 0 Å². The molecule has 2 aromatic carbocycles. The van der Waals surface area contributed by atoms with Crippen molar-refractivity contribution in [3.05, 3.63) is 77.6 Å². The zero-order valence-electron chi connectivity index (χ0n) is 15.1. The van der Waals surface area contributed by atoms with Crippen LogP contribution in [0.4, 0.5) is 0 Å². The smallest absolute Gasteiger partial charge is 0.307 e. The van der Waals surface area contributed by atoms with Crippen LogP contribution in [-0.4, -0.2) is 34.0 Å². The van der Waals surface area contributed by atoms with Gasteiger partial charge in [-0.25, -0.2) is 4.68 Å². The molecule has 0 aliphatic rings. The van der Waals surface area contributed by atoms with E-state index in [0.29, 0.717) is 5.69 Å². The van der Waals surface area contributed by atoms with Crippen LogP contribution in [0.15, 0.2) is 60.7 Å². The van der Waals surface area contributed by atoms with Crippen molar-refractivity contribution in [3.8, 4) is 5.69 Å². The molecule has 1 aromatic heterocycles. The molecule has 1 N–H and O–H groups in total. The molecule has 7 nitrogen and oxygen atoms in total. The number of methoxy groups -OCH3 is 1. The molecule has 0 aliphatic heterocycles. The van der Waals surface area contributed by atoms with Gasteiger partial charge in [0.05, 0.1) is 31.0 Å². The maximum atomic E-state index is 12.8. The van der Waals surface area contributed by atoms with Crippen molar-refractivity contribution in [2.24, 2.45) is 0 Å². The third kappa shape index (κ3) is 4.20. The van der Waals surface area contributed by atoms with Gasteiger partial charge in [0.1, 0.15) is 0 Å². The number of para-hydroxylation sites is 1. The number of amides is 1. The Morgan fingerprint density at radius 3 is 2.33 bits per heavy atom. The van der Waals surface area contributed by atoms with Gasteiger partial charge >= 0.3 is 5.97 Å². The van der Waals surface area contributed by atoms with Crippen LogP contribution in [0.2, 0.25) is 0 Å². The number of benzene rings is 2. The summed E-state index contributed by atoms with van der Waals surface area (Å²) in [6.07, 6.45) is 0.0259. The van der Waals surface area contributed by atoms with Crippen LogP contribution in [0.3, 0.4) is 0 Å². The minimum Gasteiger partial charge on any atom is -0.469 e. The Hall–Kier alpha value is -3.48. The summed E-state index contributed by atoms with van der Waals surface area (Å²) in [5.74, 6) is -0.804. The highest BCUT2D eigenvalue weighted by molar-refractivity contribution is 5.93. The number of nitrogens with one attached hydrogen (secondary N) is 1. The Labute approximate surface area is 157 Å². The predicted octanol–water partition coefficient (Wildman–Crippen LogP) is 2.61. The van der Waals surface area contributed by atoms with Crippen molar-refractivity contribution in [2.75, 3.05) is 7.11 Å². The van der Waals surface area contributed by atoms with E-state index < -0.39 is 17.9 Å². The predicted molar refractivity (Wildman–Crippen MR) is 99.4 cm³/mol. The monoisotopic (exact) mass is 364 g/mol. The largest absolute Gasteiger partial charge is 0.469 e. The van der Waals surface area contributed by atoms with Crippen LogP contribution in [-0.2, 0) is 9.53 Å². The summed E-state index contributed by atoms with van der Waals surface area (Å²) in [5.41, 5.74) is 2.45. The summed E-state index contributed by atoms with van der Waals surface area (Å²) in [6, 6.07) is 18.2. The van der Waals surface area contributed by atoms with E-state index in [1.807, 2.05) is 60.7 Å². The van der Waals surface area contributed by atoms with Gasteiger partial charge in [0.15, 0.2) is 5.69 Å². The van der Waals surface area contributed by atoms with Crippen LogP contribution in [0.5, 0.6) is 0 Å². The van der Waals surface area contributed by atoms with Gasteiger partial charge in [0, 0.05) is 0 Å². The highest BCUT2D eigenvalue weighted by atomic mass is 16.5. The molecule has 0 aliphatic carbocycles. The summed E-state index contributed by atoms with van der Waals surface area (Å²) >= 11 is 0. The Bertz CT molecular complexity index is 923. The van der Waals surface area contributed by atoms with Crippen LogP contribution >= 0.6 is 0 Å². The molecule has 1 heterocycles. The Morgan fingerprint density at radius 1 is 1.07 bits per heavy atom. The number of esters is 1. The van der Waals surface area contributed by atoms with E-state index >= 15 is 0 Å². The molecule has 0 saturated heterocycles. The molecule has 7 heteroatoms. The summed E-state index contributed by atoms with van der Waals surface area (Å²) < 4.78 is 6.36. The lowest BCUT2D eigenvalue weighted by Gasteiger charge is -2.17. The molecule has 0 saturated carbocycles. The molecule has 3 aromatic rings. The van der Waals surface area contributed by atoms with Gasteiger partial charge in [-0.3, -0.25) is 9.59 Å². The number of hydrogen-bond donors (Lipinski definition) is 1. The lowest BCUT2D eigenvalue weighted by atomic mass is 10.0. The van der Waals surface area contributed by atoms with Crippen LogP contribution in [0, 0.1) is 6.92 Å². The van der Waals surface area contributed by atoms with Crippen LogP contribution < -0.4 is 5.32 Å². The summed E-state index contributed by atoms with van der Waals surface area (Å²) in [7, 11) is 1.32. The van der Waals surface area contributed by atoms with Gasteiger partial charge in [-0.05, 0) is 24.6 Å². The van der Waals surface area contributed by atoms with E-state index in [4.69, 9.17) is 4.74 Å². The fourth-order valence-corrected chi connectivity index (χ4v) is 2.77. The standard InChI is InChI=1S/C20H20N4O3/c1-14-19(22-23-24(14)16-11-7-4-8-12-16)20(26)21-17(13-18(25)27-2)15-9-5-3-6-10-15/h3-12,17H,13H2,1-2H3,(H,21,26). The highest BCUT2D eigenvalue weighted by Crippen LogP contribution is 2.19. The first-order valence-corrected chi connectivity index (χ1v) is 8.50. The first-order chi connectivity index (χ1) is 13.1. The van der Waals surface area contributed by atoms with Crippen molar-refractivity contribution in [1.82, 2.24) is 20.3 Å². The molecule has 1 atom stereocenters. The van der Waals surface area contributed by atoms with Crippen molar-refractivity contribution < 1.29 is 14.3 Å². The lowest BCUT2D eigenvalue weighted by molar-refractivity contribution is -0.141. The summed E-state index contributed by atoms with van der Waals surface area (Å²) in [5, 5.41) is 11.0. The molecule has 1 unspecified atom stereocenters. The van der Waals surface area contributed by atoms with Crippen LogP contribution in [0.1, 0.15) is 34.2 Å². The molecule has 27 heavy (non-hydrogen) atoms. The first kappa shape index (κ1) is 18.3. The van der Waals surface area contributed by atoms with E-state index in [1.165, 1.54) is 7.11 Å².